The van der Waals surface area contributed by atoms with Gasteiger partial charge in [-0.05, 0) is 26.7 Å². The van der Waals surface area contributed by atoms with Gasteiger partial charge in [-0.25, -0.2) is 0 Å². The molecule has 0 fully saturated rings. The first kappa shape index (κ1) is 17.2. The molecule has 0 rings (SSSR count). The average Bonchev–Trinajstić information content (AvgIpc) is 2.37. The molecule has 0 saturated heterocycles. The Morgan fingerprint density at radius 2 is 1.59 bits per heavy atom. The topological polar surface area (TPSA) is 20.2 Å². The Bertz CT molecular complexity index is 172. The van der Waals surface area contributed by atoms with E-state index in [1.165, 1.54) is 38.6 Å². The molecule has 0 spiro atoms. The molecule has 0 aliphatic carbocycles. The summed E-state index contributed by atoms with van der Waals surface area (Å²) in [6.07, 6.45) is 6.24. The molecule has 0 bridgehead atoms. The Labute approximate surface area is 113 Å². The first-order valence-electron chi connectivity index (χ1n) is 7.23. The fourth-order valence-electron chi connectivity index (χ4n) is 2.44. The number of likely N-dealkylation sites (N-methyl/N-ethyl adjacent to an activating group) is 1. The third kappa shape index (κ3) is 7.28. The molecule has 104 valence electrons. The van der Waals surface area contributed by atoms with Crippen LogP contribution in [-0.4, -0.2) is 47.8 Å². The van der Waals surface area contributed by atoms with Gasteiger partial charge in [0.1, 0.15) is 12.6 Å². The molecule has 1 N–H and O–H groups in total. The van der Waals surface area contributed by atoms with Gasteiger partial charge in [0.15, 0.2) is 0 Å². The van der Waals surface area contributed by atoms with Gasteiger partial charge in [-0.1, -0.05) is 26.2 Å². The van der Waals surface area contributed by atoms with Gasteiger partial charge >= 0.3 is 0 Å². The number of halogens is 1. The predicted octanol–water partition coefficient (Wildman–Crippen LogP) is 3.41. The highest BCUT2D eigenvalue weighted by Gasteiger charge is 2.25. The van der Waals surface area contributed by atoms with Crippen molar-refractivity contribution >= 4 is 11.6 Å². The fourth-order valence-corrected chi connectivity index (χ4v) is 2.53. The van der Waals surface area contributed by atoms with Gasteiger partial charge in [0.25, 0.3) is 0 Å². The van der Waals surface area contributed by atoms with Crippen molar-refractivity contribution in [1.82, 2.24) is 0 Å². The van der Waals surface area contributed by atoms with E-state index in [9.17, 15) is 5.11 Å². The van der Waals surface area contributed by atoms with Crippen molar-refractivity contribution in [2.45, 2.75) is 59.0 Å². The number of alkyl halides is 1. The molecule has 1 unspecified atom stereocenters. The van der Waals surface area contributed by atoms with Gasteiger partial charge < -0.3 is 9.59 Å². The van der Waals surface area contributed by atoms with E-state index in [0.29, 0.717) is 5.88 Å². The minimum atomic E-state index is -0.354. The van der Waals surface area contributed by atoms with E-state index in [1.54, 1.807) is 0 Å². The van der Waals surface area contributed by atoms with Crippen molar-refractivity contribution in [2.75, 3.05) is 32.1 Å². The van der Waals surface area contributed by atoms with Crippen molar-refractivity contribution < 1.29 is 9.59 Å². The zero-order chi connectivity index (χ0) is 13.1. The maximum atomic E-state index is 9.75. The van der Waals surface area contributed by atoms with Crippen LogP contribution in [0.1, 0.15) is 52.9 Å². The van der Waals surface area contributed by atoms with Crippen LogP contribution in [0, 0.1) is 0 Å². The average molecular weight is 265 g/mol. The van der Waals surface area contributed by atoms with E-state index in [-0.39, 0.29) is 6.10 Å². The van der Waals surface area contributed by atoms with Crippen molar-refractivity contribution in [3.8, 4) is 0 Å². The van der Waals surface area contributed by atoms with Crippen molar-refractivity contribution in [1.29, 1.82) is 0 Å². The SMILES string of the molecule is CCCCCCC[N+](CC)(CC)CC(O)CCl. The van der Waals surface area contributed by atoms with Gasteiger partial charge in [-0.15, -0.1) is 11.6 Å². The van der Waals surface area contributed by atoms with Crippen molar-refractivity contribution in [3.63, 3.8) is 0 Å². The molecule has 1 atom stereocenters. The van der Waals surface area contributed by atoms with Crippen molar-refractivity contribution in [2.24, 2.45) is 0 Å². The fraction of sp³-hybridized carbons (Fsp3) is 1.00. The number of rotatable bonds is 11. The second-order valence-electron chi connectivity index (χ2n) is 5.10. The van der Waals surface area contributed by atoms with Gasteiger partial charge in [-0.2, -0.15) is 0 Å². The number of quaternary nitrogens is 1. The van der Waals surface area contributed by atoms with Gasteiger partial charge in [-0.3, -0.25) is 0 Å². The standard InChI is InChI=1S/C14H31ClNO/c1-4-7-8-9-10-11-16(5-2,6-3)13-14(17)12-15/h14,17H,4-13H2,1-3H3/q+1. The van der Waals surface area contributed by atoms with Crippen LogP contribution in [0.5, 0.6) is 0 Å². The normalized spacial score (nSPS) is 13.9. The second kappa shape index (κ2) is 10.2. The second-order valence-corrected chi connectivity index (χ2v) is 5.41. The molecule has 17 heavy (non-hydrogen) atoms. The lowest BCUT2D eigenvalue weighted by atomic mass is 10.1. The Hall–Kier alpha value is 0.210. The summed E-state index contributed by atoms with van der Waals surface area (Å²) in [6.45, 7) is 10.9. The lowest BCUT2D eigenvalue weighted by Gasteiger charge is -2.38. The number of aliphatic hydroxyl groups excluding tert-OH is 1. The van der Waals surface area contributed by atoms with E-state index in [1.807, 2.05) is 0 Å². The van der Waals surface area contributed by atoms with Crippen LogP contribution in [0.25, 0.3) is 0 Å². The first-order valence-corrected chi connectivity index (χ1v) is 7.76. The van der Waals surface area contributed by atoms with E-state index in [4.69, 9.17) is 11.6 Å². The van der Waals surface area contributed by atoms with Crippen LogP contribution in [0.2, 0.25) is 0 Å². The monoisotopic (exact) mass is 264 g/mol. The minimum absolute atomic E-state index is 0.354. The van der Waals surface area contributed by atoms with Crippen LogP contribution >= 0.6 is 11.6 Å². The summed E-state index contributed by atoms with van der Waals surface area (Å²) < 4.78 is 1.01. The molecular formula is C14H31ClNO+. The highest BCUT2D eigenvalue weighted by atomic mass is 35.5. The largest absolute Gasteiger partial charge is 0.386 e. The lowest BCUT2D eigenvalue weighted by molar-refractivity contribution is -0.927. The zero-order valence-electron chi connectivity index (χ0n) is 11.9. The third-order valence-electron chi connectivity index (χ3n) is 3.85. The Kier molecular flexibility index (Phi) is 10.3. The summed E-state index contributed by atoms with van der Waals surface area (Å²) in [5.74, 6) is 0.357. The van der Waals surface area contributed by atoms with Gasteiger partial charge in [0.2, 0.25) is 0 Å². The first-order chi connectivity index (χ1) is 8.14. The van der Waals surface area contributed by atoms with Crippen LogP contribution in [-0.2, 0) is 0 Å². The van der Waals surface area contributed by atoms with Crippen LogP contribution in [0.3, 0.4) is 0 Å². The zero-order valence-corrected chi connectivity index (χ0v) is 12.7. The number of aliphatic hydroxyl groups is 1. The maximum absolute atomic E-state index is 9.75. The van der Waals surface area contributed by atoms with E-state index in [0.717, 1.165) is 24.1 Å². The predicted molar refractivity (Wildman–Crippen MR) is 76.6 cm³/mol. The van der Waals surface area contributed by atoms with E-state index < -0.39 is 0 Å². The summed E-state index contributed by atoms with van der Waals surface area (Å²) in [7, 11) is 0. The summed E-state index contributed by atoms with van der Waals surface area (Å²) in [5, 5.41) is 9.75. The van der Waals surface area contributed by atoms with Crippen LogP contribution in [0.15, 0.2) is 0 Å². The molecule has 0 heterocycles. The quantitative estimate of drug-likeness (QED) is 0.344. The number of nitrogens with zero attached hydrogens (tertiary/aromatic N) is 1. The summed E-state index contributed by atoms with van der Waals surface area (Å²) >= 11 is 5.71. The highest BCUT2D eigenvalue weighted by Crippen LogP contribution is 2.13. The highest BCUT2D eigenvalue weighted by molar-refractivity contribution is 6.18. The molecule has 0 aliphatic heterocycles. The summed E-state index contributed by atoms with van der Waals surface area (Å²) in [4.78, 5) is 0. The number of unbranched alkanes of at least 4 members (excludes halogenated alkanes) is 4. The molecule has 0 aliphatic rings. The maximum Gasteiger partial charge on any atom is 0.116 e. The molecule has 3 heteroatoms. The molecule has 2 nitrogen and oxygen atoms in total. The number of hydrogen-bond donors (Lipinski definition) is 1. The van der Waals surface area contributed by atoms with Crippen LogP contribution in [0.4, 0.5) is 0 Å². The Morgan fingerprint density at radius 1 is 1.00 bits per heavy atom. The summed E-state index contributed by atoms with van der Waals surface area (Å²) in [6, 6.07) is 0. The molecule has 0 amide bonds. The van der Waals surface area contributed by atoms with Crippen LogP contribution < -0.4 is 0 Å². The number of hydrogen-bond acceptors (Lipinski definition) is 1. The van der Waals surface area contributed by atoms with E-state index in [2.05, 4.69) is 20.8 Å². The smallest absolute Gasteiger partial charge is 0.116 e. The molecule has 0 radical (unpaired) electrons. The third-order valence-corrected chi connectivity index (χ3v) is 4.21. The Balaban J connectivity index is 4.02. The molecule has 0 saturated carbocycles. The lowest BCUT2D eigenvalue weighted by Crippen LogP contribution is -2.52. The minimum Gasteiger partial charge on any atom is -0.386 e. The molecule has 0 aromatic carbocycles. The van der Waals surface area contributed by atoms with Crippen molar-refractivity contribution in [3.05, 3.63) is 0 Å². The summed E-state index contributed by atoms with van der Waals surface area (Å²) in [5.41, 5.74) is 0. The molecule has 0 aromatic rings. The van der Waals surface area contributed by atoms with E-state index >= 15 is 0 Å². The molecule has 0 aromatic heterocycles. The van der Waals surface area contributed by atoms with Gasteiger partial charge in [0, 0.05) is 0 Å². The molecular weight excluding hydrogens is 234 g/mol. The van der Waals surface area contributed by atoms with Gasteiger partial charge in [0.05, 0.1) is 25.5 Å². The Morgan fingerprint density at radius 3 is 2.06 bits per heavy atom.